The van der Waals surface area contributed by atoms with Crippen molar-refractivity contribution in [3.8, 4) is 0 Å². The van der Waals surface area contributed by atoms with Crippen molar-refractivity contribution >= 4 is 11.5 Å². The van der Waals surface area contributed by atoms with Crippen LogP contribution in [0, 0.1) is 5.92 Å². The van der Waals surface area contributed by atoms with Gasteiger partial charge in [0.1, 0.15) is 5.78 Å². The number of hydrogen-bond acceptors (Lipinski definition) is 4. The van der Waals surface area contributed by atoms with Crippen LogP contribution in [0.4, 0.5) is 5.69 Å². The topological polar surface area (TPSA) is 82.0 Å². The zero-order valence-electron chi connectivity index (χ0n) is 8.94. The lowest BCUT2D eigenvalue weighted by Gasteiger charge is -2.08. The van der Waals surface area contributed by atoms with Crippen LogP contribution in [0.15, 0.2) is 18.5 Å². The fourth-order valence-corrected chi connectivity index (χ4v) is 1.34. The molecule has 0 amide bonds. The second-order valence-electron chi connectivity index (χ2n) is 3.83. The Labute approximate surface area is 89.7 Å². The van der Waals surface area contributed by atoms with Crippen molar-refractivity contribution in [1.29, 1.82) is 0 Å². The number of carbonyl (C=O) groups is 1. The molecule has 15 heavy (non-hydrogen) atoms. The first-order valence-corrected chi connectivity index (χ1v) is 5.03. The first-order chi connectivity index (χ1) is 7.13. The van der Waals surface area contributed by atoms with Crippen molar-refractivity contribution in [3.05, 3.63) is 24.0 Å². The average Bonchev–Trinajstić information content (AvgIpc) is 2.21. The van der Waals surface area contributed by atoms with Crippen LogP contribution in [0.1, 0.15) is 18.9 Å². The van der Waals surface area contributed by atoms with Crippen LogP contribution < -0.4 is 11.5 Å². The molecule has 0 radical (unpaired) electrons. The average molecular weight is 207 g/mol. The van der Waals surface area contributed by atoms with E-state index in [9.17, 15) is 4.79 Å². The Morgan fingerprint density at radius 1 is 1.60 bits per heavy atom. The van der Waals surface area contributed by atoms with Gasteiger partial charge in [0.2, 0.25) is 0 Å². The van der Waals surface area contributed by atoms with Crippen molar-refractivity contribution in [2.75, 3.05) is 12.3 Å². The van der Waals surface area contributed by atoms with Crippen molar-refractivity contribution in [1.82, 2.24) is 4.98 Å². The number of carbonyl (C=O) groups excluding carboxylic acids is 1. The van der Waals surface area contributed by atoms with E-state index < -0.39 is 0 Å². The number of nitrogen functional groups attached to an aromatic ring is 1. The molecule has 1 aromatic rings. The third-order valence-electron chi connectivity index (χ3n) is 2.31. The number of rotatable bonds is 5. The van der Waals surface area contributed by atoms with Gasteiger partial charge in [-0.1, -0.05) is 6.92 Å². The molecule has 0 aliphatic heterocycles. The minimum Gasteiger partial charge on any atom is -0.398 e. The standard InChI is InChI=1S/C11H17N3O/c1-8(6-12)4-10(15)5-9-7-14-3-2-11(9)13/h2-3,7-8H,4-6,12H2,1H3,(H2,13,14). The van der Waals surface area contributed by atoms with E-state index in [0.717, 1.165) is 5.56 Å². The van der Waals surface area contributed by atoms with E-state index in [0.29, 0.717) is 25.1 Å². The highest BCUT2D eigenvalue weighted by atomic mass is 16.1. The smallest absolute Gasteiger partial charge is 0.137 e. The molecule has 1 heterocycles. The lowest BCUT2D eigenvalue weighted by Crippen LogP contribution is -2.16. The molecule has 0 spiro atoms. The van der Waals surface area contributed by atoms with Gasteiger partial charge >= 0.3 is 0 Å². The summed E-state index contributed by atoms with van der Waals surface area (Å²) in [4.78, 5) is 15.5. The molecular formula is C11H17N3O. The Kier molecular flexibility index (Phi) is 4.24. The molecule has 4 heteroatoms. The Bertz CT molecular complexity index is 338. The normalized spacial score (nSPS) is 12.4. The van der Waals surface area contributed by atoms with E-state index in [1.54, 1.807) is 18.5 Å². The van der Waals surface area contributed by atoms with Gasteiger partial charge in [-0.2, -0.15) is 0 Å². The number of nitrogens with zero attached hydrogens (tertiary/aromatic N) is 1. The van der Waals surface area contributed by atoms with Gasteiger partial charge in [-0.3, -0.25) is 9.78 Å². The molecule has 0 fully saturated rings. The minimum atomic E-state index is 0.160. The number of nitrogens with two attached hydrogens (primary N) is 2. The van der Waals surface area contributed by atoms with Crippen molar-refractivity contribution in [2.24, 2.45) is 11.7 Å². The lowest BCUT2D eigenvalue weighted by molar-refractivity contribution is -0.119. The van der Waals surface area contributed by atoms with E-state index in [1.165, 1.54) is 0 Å². The predicted molar refractivity (Wildman–Crippen MR) is 60.2 cm³/mol. The van der Waals surface area contributed by atoms with E-state index >= 15 is 0 Å². The summed E-state index contributed by atoms with van der Waals surface area (Å²) in [7, 11) is 0. The van der Waals surface area contributed by atoms with E-state index in [4.69, 9.17) is 11.5 Å². The molecule has 0 saturated heterocycles. The third-order valence-corrected chi connectivity index (χ3v) is 2.31. The van der Waals surface area contributed by atoms with E-state index in [-0.39, 0.29) is 11.7 Å². The van der Waals surface area contributed by atoms with Crippen LogP contribution >= 0.6 is 0 Å². The summed E-state index contributed by atoms with van der Waals surface area (Å²) in [5, 5.41) is 0. The zero-order valence-corrected chi connectivity index (χ0v) is 8.94. The summed E-state index contributed by atoms with van der Waals surface area (Å²) in [6, 6.07) is 1.70. The van der Waals surface area contributed by atoms with Gasteiger partial charge in [-0.15, -0.1) is 0 Å². The molecule has 0 saturated carbocycles. The molecule has 82 valence electrons. The van der Waals surface area contributed by atoms with Gasteiger partial charge < -0.3 is 11.5 Å². The highest BCUT2D eigenvalue weighted by Crippen LogP contribution is 2.12. The Balaban J connectivity index is 2.55. The first-order valence-electron chi connectivity index (χ1n) is 5.03. The van der Waals surface area contributed by atoms with Crippen LogP contribution in [0.25, 0.3) is 0 Å². The summed E-state index contributed by atoms with van der Waals surface area (Å²) in [5.41, 5.74) is 12.6. The van der Waals surface area contributed by atoms with Gasteiger partial charge in [0.25, 0.3) is 0 Å². The minimum absolute atomic E-state index is 0.160. The molecule has 4 nitrogen and oxygen atoms in total. The molecule has 1 aromatic heterocycles. The van der Waals surface area contributed by atoms with Gasteiger partial charge in [0.05, 0.1) is 0 Å². The van der Waals surface area contributed by atoms with Gasteiger partial charge in [0.15, 0.2) is 0 Å². The van der Waals surface area contributed by atoms with Crippen LogP contribution in [-0.2, 0) is 11.2 Å². The Morgan fingerprint density at radius 2 is 2.33 bits per heavy atom. The summed E-state index contributed by atoms with van der Waals surface area (Å²) >= 11 is 0. The summed E-state index contributed by atoms with van der Waals surface area (Å²) < 4.78 is 0. The second-order valence-corrected chi connectivity index (χ2v) is 3.83. The fraction of sp³-hybridized carbons (Fsp3) is 0.455. The highest BCUT2D eigenvalue weighted by Gasteiger charge is 2.10. The fourth-order valence-electron chi connectivity index (χ4n) is 1.34. The third kappa shape index (κ3) is 3.67. The molecule has 0 aliphatic carbocycles. The van der Waals surface area contributed by atoms with Crippen molar-refractivity contribution in [2.45, 2.75) is 19.8 Å². The molecule has 0 bridgehead atoms. The van der Waals surface area contributed by atoms with Crippen LogP contribution in [0.5, 0.6) is 0 Å². The van der Waals surface area contributed by atoms with E-state index in [1.807, 2.05) is 6.92 Å². The maximum atomic E-state index is 11.6. The Hall–Kier alpha value is -1.42. The van der Waals surface area contributed by atoms with Gasteiger partial charge in [0, 0.05) is 36.5 Å². The molecule has 1 unspecified atom stereocenters. The number of aromatic nitrogens is 1. The molecule has 1 rings (SSSR count). The summed E-state index contributed by atoms with van der Waals surface area (Å²) in [5.74, 6) is 0.392. The van der Waals surface area contributed by atoms with Gasteiger partial charge in [-0.05, 0) is 18.5 Å². The maximum Gasteiger partial charge on any atom is 0.137 e. The summed E-state index contributed by atoms with van der Waals surface area (Å²) in [6.07, 6.45) is 4.11. The van der Waals surface area contributed by atoms with Crippen LogP contribution in [0.2, 0.25) is 0 Å². The number of ketones is 1. The molecular weight excluding hydrogens is 190 g/mol. The number of anilines is 1. The molecule has 0 aromatic carbocycles. The van der Waals surface area contributed by atoms with Crippen molar-refractivity contribution in [3.63, 3.8) is 0 Å². The monoisotopic (exact) mass is 207 g/mol. The first kappa shape index (κ1) is 11.7. The Morgan fingerprint density at radius 3 is 2.93 bits per heavy atom. The number of hydrogen-bond donors (Lipinski definition) is 2. The van der Waals surface area contributed by atoms with Crippen molar-refractivity contribution < 1.29 is 4.79 Å². The van der Waals surface area contributed by atoms with Crippen LogP contribution in [-0.4, -0.2) is 17.3 Å². The highest BCUT2D eigenvalue weighted by molar-refractivity contribution is 5.82. The SMILES string of the molecule is CC(CN)CC(=O)Cc1cnccc1N. The maximum absolute atomic E-state index is 11.6. The zero-order chi connectivity index (χ0) is 11.3. The van der Waals surface area contributed by atoms with E-state index in [2.05, 4.69) is 4.98 Å². The largest absolute Gasteiger partial charge is 0.398 e. The molecule has 0 aliphatic rings. The predicted octanol–water partition coefficient (Wildman–Crippen LogP) is 0.760. The quantitative estimate of drug-likeness (QED) is 0.746. The summed E-state index contributed by atoms with van der Waals surface area (Å²) in [6.45, 7) is 2.50. The van der Waals surface area contributed by atoms with Crippen LogP contribution in [0.3, 0.4) is 0 Å². The lowest BCUT2D eigenvalue weighted by atomic mass is 10.0. The molecule has 1 atom stereocenters. The number of pyridine rings is 1. The van der Waals surface area contributed by atoms with Gasteiger partial charge in [-0.25, -0.2) is 0 Å². The number of Topliss-reactive ketones (excluding diaryl/α,β-unsaturated/α-hetero) is 1. The molecule has 4 N–H and O–H groups in total. The second kappa shape index (κ2) is 5.46.